The van der Waals surface area contributed by atoms with Gasteiger partial charge in [-0.05, 0) is 66.8 Å². The minimum absolute atomic E-state index is 0. The van der Waals surface area contributed by atoms with Crippen molar-refractivity contribution in [2.75, 3.05) is 0 Å². The average Bonchev–Trinajstić information content (AvgIpc) is 3.58. The Hall–Kier alpha value is -3.80. The normalized spacial score (nSPS) is 12.5. The molecule has 0 unspecified atom stereocenters. The van der Waals surface area contributed by atoms with Crippen molar-refractivity contribution in [3.8, 4) is 11.3 Å². The maximum Gasteiger partial charge on any atom is 0.0907 e. The number of H-pyrrole nitrogens is 2. The van der Waals surface area contributed by atoms with E-state index < -0.39 is 0 Å². The van der Waals surface area contributed by atoms with Crippen molar-refractivity contribution in [1.29, 1.82) is 0 Å². The molecule has 0 spiro atoms. The Morgan fingerprint density at radius 2 is 1.20 bits per heavy atom. The predicted octanol–water partition coefficient (Wildman–Crippen LogP) is 6.41. The second kappa shape index (κ2) is 8.77. The van der Waals surface area contributed by atoms with Gasteiger partial charge in [-0.3, -0.25) is 9.97 Å². The van der Waals surface area contributed by atoms with Gasteiger partial charge in [-0.15, -0.1) is 0 Å². The van der Waals surface area contributed by atoms with Crippen LogP contribution in [0.2, 0.25) is 0 Å². The molecular weight excluding hydrogens is 484 g/mol. The molecule has 35 heavy (non-hydrogen) atoms. The summed E-state index contributed by atoms with van der Waals surface area (Å²) >= 11 is 0. The molecule has 1 radical (unpaired) electrons. The Kier molecular flexibility index (Phi) is 5.75. The third-order valence-electron chi connectivity index (χ3n) is 5.86. The molecule has 7 heteroatoms. The Labute approximate surface area is 213 Å². The van der Waals surface area contributed by atoms with E-state index >= 15 is 0 Å². The van der Waals surface area contributed by atoms with E-state index in [9.17, 15) is 0 Å². The van der Waals surface area contributed by atoms with Gasteiger partial charge in [0.25, 0.3) is 0 Å². The monoisotopic (exact) mass is 507 g/mol. The largest absolute Gasteiger partial charge is 0.355 e. The number of nitrogens with one attached hydrogen (secondary N) is 2. The minimum atomic E-state index is -0.0503. The fourth-order valence-corrected chi connectivity index (χ4v) is 4.08. The van der Waals surface area contributed by atoms with E-state index in [0.717, 1.165) is 61.8 Å². The molecule has 0 atom stereocenters. The van der Waals surface area contributed by atoms with Gasteiger partial charge in [-0.25, -0.2) is 9.97 Å². The number of aromatic amines is 2. The van der Waals surface area contributed by atoms with Crippen LogP contribution in [0.1, 0.15) is 49.2 Å². The van der Waals surface area contributed by atoms with Crippen LogP contribution in [0.3, 0.4) is 0 Å². The fraction of sp³-hybridized carbons (Fsp3) is 0.143. The fourth-order valence-electron chi connectivity index (χ4n) is 4.08. The quantitative estimate of drug-likeness (QED) is 0.252. The van der Waals surface area contributed by atoms with Gasteiger partial charge in [0.15, 0.2) is 0 Å². The Morgan fingerprint density at radius 1 is 0.629 bits per heavy atom. The molecule has 4 aromatic rings. The van der Waals surface area contributed by atoms with Crippen LogP contribution in [0.4, 0.5) is 0 Å². The second-order valence-electron chi connectivity index (χ2n) is 9.63. The van der Waals surface area contributed by atoms with E-state index in [4.69, 9.17) is 15.0 Å². The van der Waals surface area contributed by atoms with Gasteiger partial charge in [0.2, 0.25) is 0 Å². The average molecular weight is 508 g/mol. The number of hydrogen-bond acceptors (Lipinski definition) is 4. The first-order chi connectivity index (χ1) is 16.4. The van der Waals surface area contributed by atoms with E-state index in [2.05, 4.69) is 41.8 Å². The zero-order valence-corrected chi connectivity index (χ0v) is 20.5. The molecule has 0 amide bonds. The number of nitrogens with zero attached hydrogens (tertiary/aromatic N) is 4. The summed E-state index contributed by atoms with van der Waals surface area (Å²) in [5.41, 5.74) is 10.1. The predicted molar refractivity (Wildman–Crippen MR) is 139 cm³/mol. The minimum Gasteiger partial charge on any atom is -0.355 e. The zero-order valence-electron chi connectivity index (χ0n) is 19.6. The Bertz CT molecular complexity index is 1630. The van der Waals surface area contributed by atoms with Crippen LogP contribution in [-0.2, 0) is 22.5 Å². The van der Waals surface area contributed by atoms with Crippen molar-refractivity contribution in [2.45, 2.75) is 26.2 Å². The second-order valence-corrected chi connectivity index (χ2v) is 9.63. The van der Waals surface area contributed by atoms with Crippen molar-refractivity contribution in [3.63, 3.8) is 0 Å². The number of aromatic nitrogens is 6. The molecule has 177 valence electrons. The SMILES string of the molecule is CC(C)(C)c1cnc(-c2cc3cc4nc(cc5ccc(cc6nc(cc2[nH]3)C=C6)[nH]5)C=C4)cn1.[Cu]. The summed E-state index contributed by atoms with van der Waals surface area (Å²) in [7, 11) is 0. The summed E-state index contributed by atoms with van der Waals surface area (Å²) in [5.74, 6) is 0. The summed E-state index contributed by atoms with van der Waals surface area (Å²) in [6.45, 7) is 6.41. The van der Waals surface area contributed by atoms with E-state index in [1.54, 1.807) is 0 Å². The molecule has 8 bridgehead atoms. The van der Waals surface area contributed by atoms with Crippen molar-refractivity contribution < 1.29 is 17.1 Å². The van der Waals surface area contributed by atoms with Gasteiger partial charge in [-0.2, -0.15) is 0 Å². The Morgan fingerprint density at radius 3 is 1.74 bits per heavy atom. The van der Waals surface area contributed by atoms with Crippen LogP contribution >= 0.6 is 0 Å². The van der Waals surface area contributed by atoms with E-state index in [-0.39, 0.29) is 22.5 Å². The molecule has 2 aliphatic rings. The molecule has 0 aromatic carbocycles. The van der Waals surface area contributed by atoms with Crippen LogP contribution < -0.4 is 0 Å². The van der Waals surface area contributed by atoms with Gasteiger partial charge in [0.05, 0.1) is 45.9 Å². The van der Waals surface area contributed by atoms with E-state index in [1.807, 2.05) is 73.1 Å². The summed E-state index contributed by atoms with van der Waals surface area (Å²) < 4.78 is 0. The van der Waals surface area contributed by atoms with E-state index in [0.29, 0.717) is 0 Å². The number of rotatable bonds is 1. The molecule has 0 aliphatic carbocycles. The van der Waals surface area contributed by atoms with Gasteiger partial charge in [0, 0.05) is 50.8 Å². The summed E-state index contributed by atoms with van der Waals surface area (Å²) in [4.78, 5) is 25.9. The molecule has 0 fully saturated rings. The smallest absolute Gasteiger partial charge is 0.0907 e. The maximum absolute atomic E-state index is 4.78. The van der Waals surface area contributed by atoms with Crippen LogP contribution in [0.15, 0.2) is 54.9 Å². The summed E-state index contributed by atoms with van der Waals surface area (Å²) in [6, 6.07) is 14.4. The third-order valence-corrected chi connectivity index (χ3v) is 5.86. The third kappa shape index (κ3) is 4.74. The molecule has 6 heterocycles. The standard InChI is InChI=1S/C28H24N6.Cu/c1-28(2,3)27-16-29-26(15-30-27)24-13-23-12-21-7-6-19(32-21)10-17-4-5-18(31-17)11-20-8-9-22(33-20)14-25(24)34-23;/h4-16,31,34H,1-3H3;. The molecule has 6 nitrogen and oxygen atoms in total. The van der Waals surface area contributed by atoms with Crippen LogP contribution in [0.25, 0.3) is 57.6 Å². The zero-order chi connectivity index (χ0) is 23.3. The van der Waals surface area contributed by atoms with E-state index in [1.165, 1.54) is 0 Å². The van der Waals surface area contributed by atoms with Crippen LogP contribution in [0, 0.1) is 0 Å². The number of hydrogen-bond donors (Lipinski definition) is 2. The first kappa shape index (κ1) is 23.0. The van der Waals surface area contributed by atoms with Gasteiger partial charge >= 0.3 is 0 Å². The van der Waals surface area contributed by atoms with Crippen LogP contribution in [-0.4, -0.2) is 29.9 Å². The number of fused-ring (bicyclic) bond motifs is 8. The first-order valence-electron chi connectivity index (χ1n) is 11.3. The molecule has 4 aromatic heterocycles. The van der Waals surface area contributed by atoms with Crippen molar-refractivity contribution in [3.05, 3.63) is 83.3 Å². The van der Waals surface area contributed by atoms with Gasteiger partial charge < -0.3 is 9.97 Å². The first-order valence-corrected chi connectivity index (χ1v) is 11.3. The molecule has 2 N–H and O–H groups in total. The summed E-state index contributed by atoms with van der Waals surface area (Å²) in [5, 5.41) is 0. The molecular formula is C28H24CuN6. The molecule has 0 saturated carbocycles. The molecule has 0 saturated heterocycles. The maximum atomic E-state index is 4.78. The molecule has 6 rings (SSSR count). The Balaban J connectivity index is 0.00000253. The summed E-state index contributed by atoms with van der Waals surface area (Å²) in [6.07, 6.45) is 11.8. The van der Waals surface area contributed by atoms with Crippen molar-refractivity contribution in [2.24, 2.45) is 0 Å². The van der Waals surface area contributed by atoms with Crippen molar-refractivity contribution in [1.82, 2.24) is 29.9 Å². The van der Waals surface area contributed by atoms with Gasteiger partial charge in [-0.1, -0.05) is 20.8 Å². The topological polar surface area (TPSA) is 83.1 Å². The van der Waals surface area contributed by atoms with Gasteiger partial charge in [0.1, 0.15) is 0 Å². The van der Waals surface area contributed by atoms with Crippen molar-refractivity contribution >= 4 is 46.4 Å². The molecule has 2 aliphatic heterocycles. The van der Waals surface area contributed by atoms with Crippen LogP contribution in [0.5, 0.6) is 0 Å².